The molecule has 16 heteroatoms. The number of hydrogen-bond donors (Lipinski definition) is 0. The van der Waals surface area contributed by atoms with Gasteiger partial charge >= 0.3 is 41.7 Å². The van der Waals surface area contributed by atoms with Gasteiger partial charge in [0.25, 0.3) is 0 Å². The van der Waals surface area contributed by atoms with Crippen molar-refractivity contribution in [3.8, 4) is 0 Å². The van der Waals surface area contributed by atoms with Gasteiger partial charge in [0.2, 0.25) is 0 Å². The number of ether oxygens (including phenoxy) is 1. The van der Waals surface area contributed by atoms with Crippen molar-refractivity contribution in [1.82, 2.24) is 0 Å². The van der Waals surface area contributed by atoms with Crippen molar-refractivity contribution in [3.63, 3.8) is 0 Å². The molecule has 0 bridgehead atoms. The van der Waals surface area contributed by atoms with E-state index in [4.69, 9.17) is 0 Å². The molecule has 0 amide bonds. The minimum atomic E-state index is -8.35. The molecule has 1 unspecified atom stereocenters. The van der Waals surface area contributed by atoms with Gasteiger partial charge in [0.1, 0.15) is 0 Å². The fraction of sp³-hybridized carbons (Fsp3) is 1.00. The minimum absolute atomic E-state index is 0.730. The van der Waals surface area contributed by atoms with E-state index in [1.165, 1.54) is 0 Å². The van der Waals surface area contributed by atoms with Crippen LogP contribution in [0.25, 0.3) is 0 Å². The Morgan fingerprint density at radius 3 is 1.19 bits per heavy atom. The Labute approximate surface area is 133 Å². The van der Waals surface area contributed by atoms with E-state index in [0.717, 1.165) is 0 Å². The van der Waals surface area contributed by atoms with Crippen molar-refractivity contribution in [3.05, 3.63) is 0 Å². The standard InChI is InChI=1S/C10H5F15O/c11-4(12,1-3-2-26-3)6(14,15)8(18,19)7(16,17)5(13,9(20,21)22)10(23,24)25/h3H,1-2H2. The topological polar surface area (TPSA) is 12.5 Å². The number of hydrogen-bond acceptors (Lipinski definition) is 1. The number of rotatable bonds is 6. The summed E-state index contributed by atoms with van der Waals surface area (Å²) in [5.74, 6) is -30.2. The van der Waals surface area contributed by atoms with Gasteiger partial charge in [-0.05, 0) is 0 Å². The summed E-state index contributed by atoms with van der Waals surface area (Å²) in [6, 6.07) is 0. The maximum Gasteiger partial charge on any atom is 0.438 e. The second kappa shape index (κ2) is 5.70. The molecule has 0 N–H and O–H groups in total. The molecule has 1 fully saturated rings. The lowest BCUT2D eigenvalue weighted by Gasteiger charge is -2.43. The average molecular weight is 426 g/mol. The van der Waals surface area contributed by atoms with E-state index in [9.17, 15) is 65.9 Å². The van der Waals surface area contributed by atoms with Crippen LogP contribution in [0, 0.1) is 0 Å². The van der Waals surface area contributed by atoms with E-state index in [-0.39, 0.29) is 0 Å². The van der Waals surface area contributed by atoms with Crippen molar-refractivity contribution in [2.75, 3.05) is 6.61 Å². The summed E-state index contributed by atoms with van der Waals surface area (Å²) in [5, 5.41) is 0. The van der Waals surface area contributed by atoms with Crippen LogP contribution < -0.4 is 0 Å². The zero-order valence-corrected chi connectivity index (χ0v) is 11.6. The molecule has 1 saturated heterocycles. The monoisotopic (exact) mass is 426 g/mol. The van der Waals surface area contributed by atoms with Gasteiger partial charge in [-0.25, -0.2) is 4.39 Å². The van der Waals surface area contributed by atoms with Crippen molar-refractivity contribution >= 4 is 0 Å². The van der Waals surface area contributed by atoms with E-state index >= 15 is 0 Å². The third kappa shape index (κ3) is 2.96. The zero-order valence-electron chi connectivity index (χ0n) is 11.6. The van der Waals surface area contributed by atoms with Crippen LogP contribution in [0.3, 0.4) is 0 Å². The summed E-state index contributed by atoms with van der Waals surface area (Å²) in [6.45, 7) is -0.730. The molecule has 0 saturated carbocycles. The second-order valence-corrected chi connectivity index (χ2v) is 5.24. The largest absolute Gasteiger partial charge is 0.438 e. The van der Waals surface area contributed by atoms with Crippen LogP contribution in [-0.4, -0.2) is 54.4 Å². The normalized spacial score (nSPS) is 21.1. The van der Waals surface area contributed by atoms with E-state index in [1.807, 2.05) is 0 Å². The first-order valence-electron chi connectivity index (χ1n) is 6.03. The quantitative estimate of drug-likeness (QED) is 0.423. The molecule has 0 spiro atoms. The van der Waals surface area contributed by atoms with Gasteiger partial charge in [0.05, 0.1) is 12.7 Å². The Morgan fingerprint density at radius 1 is 0.577 bits per heavy atom. The lowest BCUT2D eigenvalue weighted by Crippen LogP contribution is -2.75. The molecular formula is C10H5F15O. The summed E-state index contributed by atoms with van der Waals surface area (Å²) in [7, 11) is 0. The van der Waals surface area contributed by atoms with Gasteiger partial charge in [-0.1, -0.05) is 0 Å². The highest BCUT2D eigenvalue weighted by molar-refractivity contribution is 5.16. The minimum Gasteiger partial charge on any atom is -0.373 e. The van der Waals surface area contributed by atoms with Crippen LogP contribution in [-0.2, 0) is 4.74 Å². The van der Waals surface area contributed by atoms with Gasteiger partial charge in [0, 0.05) is 6.42 Å². The molecule has 0 aromatic carbocycles. The highest BCUT2D eigenvalue weighted by Crippen LogP contribution is 2.64. The third-order valence-electron chi connectivity index (χ3n) is 3.35. The van der Waals surface area contributed by atoms with Crippen LogP contribution in [0.4, 0.5) is 65.9 Å². The summed E-state index contributed by atoms with van der Waals surface area (Å²) < 4.78 is 196. The summed E-state index contributed by atoms with van der Waals surface area (Å²) in [5.41, 5.74) is -8.24. The molecule has 0 aromatic heterocycles. The van der Waals surface area contributed by atoms with E-state index in [0.29, 0.717) is 0 Å². The lowest BCUT2D eigenvalue weighted by molar-refractivity contribution is -0.457. The first-order valence-corrected chi connectivity index (χ1v) is 6.03. The van der Waals surface area contributed by atoms with Crippen molar-refractivity contribution < 1.29 is 70.6 Å². The molecule has 0 aliphatic carbocycles. The van der Waals surface area contributed by atoms with Crippen molar-refractivity contribution in [1.29, 1.82) is 0 Å². The molecule has 26 heavy (non-hydrogen) atoms. The van der Waals surface area contributed by atoms with Crippen LogP contribution in [0.15, 0.2) is 0 Å². The Balaban J connectivity index is 3.54. The summed E-state index contributed by atoms with van der Waals surface area (Å²) >= 11 is 0. The Bertz CT molecular complexity index is 512. The molecule has 1 rings (SSSR count). The SMILES string of the molecule is FC(F)(F)C(F)(C(F)(F)F)C(F)(F)C(F)(F)C(F)(F)C(F)(F)CC1CO1. The summed E-state index contributed by atoms with van der Waals surface area (Å²) in [6.07, 6.45) is -20.1. The van der Waals surface area contributed by atoms with E-state index in [1.54, 1.807) is 0 Å². The zero-order chi connectivity index (χ0) is 21.2. The molecular weight excluding hydrogens is 421 g/mol. The number of alkyl halides is 15. The van der Waals surface area contributed by atoms with Gasteiger partial charge in [-0.2, -0.15) is 61.5 Å². The maximum absolute atomic E-state index is 13.2. The first-order chi connectivity index (χ1) is 11.1. The Morgan fingerprint density at radius 2 is 0.923 bits per heavy atom. The molecule has 0 aromatic rings. The van der Waals surface area contributed by atoms with E-state index < -0.39 is 60.8 Å². The lowest BCUT2D eigenvalue weighted by atomic mass is 9.85. The van der Waals surface area contributed by atoms with Gasteiger partial charge in [-0.15, -0.1) is 0 Å². The van der Waals surface area contributed by atoms with Crippen LogP contribution in [0.1, 0.15) is 6.42 Å². The molecule has 1 heterocycles. The van der Waals surface area contributed by atoms with Crippen LogP contribution in [0.5, 0.6) is 0 Å². The first kappa shape index (κ1) is 23.0. The number of epoxide rings is 1. The van der Waals surface area contributed by atoms with Gasteiger partial charge in [-0.3, -0.25) is 0 Å². The molecule has 1 aliphatic heterocycles. The van der Waals surface area contributed by atoms with E-state index in [2.05, 4.69) is 4.74 Å². The second-order valence-electron chi connectivity index (χ2n) is 5.24. The smallest absolute Gasteiger partial charge is 0.373 e. The Kier molecular flexibility index (Phi) is 5.03. The fourth-order valence-corrected chi connectivity index (χ4v) is 1.76. The predicted molar refractivity (Wildman–Crippen MR) is 50.1 cm³/mol. The highest BCUT2D eigenvalue weighted by Gasteiger charge is 2.95. The van der Waals surface area contributed by atoms with Crippen LogP contribution in [0.2, 0.25) is 0 Å². The molecule has 1 atom stereocenters. The third-order valence-corrected chi connectivity index (χ3v) is 3.35. The van der Waals surface area contributed by atoms with Crippen molar-refractivity contribution in [2.45, 2.75) is 54.2 Å². The molecule has 1 aliphatic rings. The summed E-state index contributed by atoms with van der Waals surface area (Å²) in [4.78, 5) is 0. The number of halogens is 15. The molecule has 156 valence electrons. The predicted octanol–water partition coefficient (Wildman–Crippen LogP) is 5.15. The van der Waals surface area contributed by atoms with Gasteiger partial charge in [0.15, 0.2) is 0 Å². The Hall–Kier alpha value is -1.09. The van der Waals surface area contributed by atoms with Crippen LogP contribution >= 0.6 is 0 Å². The molecule has 1 nitrogen and oxygen atoms in total. The average Bonchev–Trinajstić information content (AvgIpc) is 3.17. The fourth-order valence-electron chi connectivity index (χ4n) is 1.76. The van der Waals surface area contributed by atoms with Crippen molar-refractivity contribution in [2.24, 2.45) is 0 Å². The van der Waals surface area contributed by atoms with Gasteiger partial charge < -0.3 is 4.74 Å². The molecule has 0 radical (unpaired) electrons. The maximum atomic E-state index is 13.2. The highest BCUT2D eigenvalue weighted by atomic mass is 19.4.